The largest absolute Gasteiger partial charge is 0.480 e. The third-order valence-electron chi connectivity index (χ3n) is 2.05. The normalized spacial score (nSPS) is 23.3. The van der Waals surface area contributed by atoms with Crippen LogP contribution in [-0.4, -0.2) is 49.5 Å². The van der Waals surface area contributed by atoms with E-state index in [2.05, 4.69) is 0 Å². The quantitative estimate of drug-likeness (QED) is 0.767. The summed E-state index contributed by atoms with van der Waals surface area (Å²) in [6.07, 6.45) is 1.92. The van der Waals surface area contributed by atoms with Gasteiger partial charge in [0.2, 0.25) is 5.91 Å². The summed E-state index contributed by atoms with van der Waals surface area (Å²) in [7, 11) is 0. The highest BCUT2D eigenvalue weighted by Gasteiger charge is 2.40. The van der Waals surface area contributed by atoms with E-state index in [0.29, 0.717) is 4.32 Å². The molecule has 0 aromatic rings. The van der Waals surface area contributed by atoms with Crippen LogP contribution >= 0.6 is 35.7 Å². The number of rotatable bonds is 4. The maximum Gasteiger partial charge on any atom is 0.323 e. The first-order valence-corrected chi connectivity index (χ1v) is 6.81. The first kappa shape index (κ1) is 12.8. The van der Waals surface area contributed by atoms with Gasteiger partial charge in [-0.1, -0.05) is 30.9 Å². The summed E-state index contributed by atoms with van der Waals surface area (Å²) in [5.41, 5.74) is 0. The number of thiocarbonyl (C=S) groups is 1. The summed E-state index contributed by atoms with van der Waals surface area (Å²) in [6, 6.07) is 0. The van der Waals surface area contributed by atoms with E-state index < -0.39 is 5.97 Å². The maximum atomic E-state index is 11.8. The van der Waals surface area contributed by atoms with E-state index in [-0.39, 0.29) is 23.0 Å². The van der Waals surface area contributed by atoms with Gasteiger partial charge in [0.05, 0.1) is 0 Å². The summed E-state index contributed by atoms with van der Waals surface area (Å²) in [6.45, 7) is 1.61. The lowest BCUT2D eigenvalue weighted by molar-refractivity contribution is -0.141. The zero-order valence-corrected chi connectivity index (χ0v) is 10.7. The SMILES string of the molecule is CS[C@@H](C)[C@@H]1SC(=S)N(CC(=O)O)C1=O. The van der Waals surface area contributed by atoms with Gasteiger partial charge in [-0.2, -0.15) is 11.8 Å². The molecule has 0 spiro atoms. The molecular weight excluding hydrogens is 254 g/mol. The lowest BCUT2D eigenvalue weighted by Crippen LogP contribution is -2.37. The van der Waals surface area contributed by atoms with Gasteiger partial charge < -0.3 is 5.11 Å². The van der Waals surface area contributed by atoms with Crippen LogP contribution in [0.3, 0.4) is 0 Å². The molecule has 7 heteroatoms. The van der Waals surface area contributed by atoms with Gasteiger partial charge in [-0.25, -0.2) is 0 Å². The van der Waals surface area contributed by atoms with Crippen molar-refractivity contribution in [2.24, 2.45) is 0 Å². The van der Waals surface area contributed by atoms with E-state index in [4.69, 9.17) is 17.3 Å². The van der Waals surface area contributed by atoms with Crippen LogP contribution in [0.15, 0.2) is 0 Å². The molecule has 1 rings (SSSR count). The van der Waals surface area contributed by atoms with Gasteiger partial charge in [0.1, 0.15) is 16.1 Å². The fraction of sp³-hybridized carbons (Fsp3) is 0.625. The molecule has 2 atom stereocenters. The fourth-order valence-corrected chi connectivity index (χ4v) is 3.41. The van der Waals surface area contributed by atoms with E-state index in [1.807, 2.05) is 13.2 Å². The third kappa shape index (κ3) is 2.85. The van der Waals surface area contributed by atoms with Crippen LogP contribution in [0.4, 0.5) is 0 Å². The molecule has 0 bridgehead atoms. The Morgan fingerprint density at radius 1 is 1.80 bits per heavy atom. The minimum Gasteiger partial charge on any atom is -0.480 e. The second-order valence-corrected chi connectivity index (χ2v) is 6.05. The number of hydrogen-bond acceptors (Lipinski definition) is 5. The molecule has 0 aromatic carbocycles. The molecule has 0 saturated carbocycles. The van der Waals surface area contributed by atoms with E-state index in [1.54, 1.807) is 11.8 Å². The smallest absolute Gasteiger partial charge is 0.323 e. The zero-order valence-electron chi connectivity index (χ0n) is 8.30. The summed E-state index contributed by atoms with van der Waals surface area (Å²) >= 11 is 7.83. The van der Waals surface area contributed by atoms with E-state index in [0.717, 1.165) is 0 Å². The number of carboxylic acid groups (broad SMARTS) is 1. The lowest BCUT2D eigenvalue weighted by atomic mass is 10.3. The van der Waals surface area contributed by atoms with Crippen LogP contribution in [-0.2, 0) is 9.59 Å². The molecule has 1 aliphatic rings. The number of amides is 1. The standard InChI is InChI=1S/C8H11NO3S3/c1-4(14-2)6-7(12)9(3-5(10)11)8(13)15-6/h4,6H,3H2,1-2H3,(H,10,11)/t4-,6-/m0/s1. The molecule has 0 aliphatic carbocycles. The van der Waals surface area contributed by atoms with E-state index in [1.165, 1.54) is 16.7 Å². The lowest BCUT2D eigenvalue weighted by Gasteiger charge is -2.15. The Bertz CT molecular complexity index is 308. The van der Waals surface area contributed by atoms with Crippen LogP contribution < -0.4 is 0 Å². The molecule has 84 valence electrons. The Hall–Kier alpha value is -0.270. The fourth-order valence-electron chi connectivity index (χ4n) is 1.16. The van der Waals surface area contributed by atoms with Crippen molar-refractivity contribution in [3.05, 3.63) is 0 Å². The Balaban J connectivity index is 2.74. The Morgan fingerprint density at radius 3 is 2.87 bits per heavy atom. The third-order valence-corrected chi connectivity index (χ3v) is 5.03. The Labute approximate surface area is 102 Å². The van der Waals surface area contributed by atoms with Crippen LogP contribution in [0.5, 0.6) is 0 Å². The van der Waals surface area contributed by atoms with Gasteiger partial charge in [-0.05, 0) is 6.26 Å². The molecule has 1 aliphatic heterocycles. The first-order chi connectivity index (χ1) is 6.97. The average Bonchev–Trinajstić information content (AvgIpc) is 2.44. The van der Waals surface area contributed by atoms with Gasteiger partial charge in [0.25, 0.3) is 0 Å². The number of hydrogen-bond donors (Lipinski definition) is 1. The summed E-state index contributed by atoms with van der Waals surface area (Å²) in [5.74, 6) is -1.22. The number of aliphatic carboxylic acids is 1. The predicted molar refractivity (Wildman–Crippen MR) is 66.3 cm³/mol. The van der Waals surface area contributed by atoms with Crippen molar-refractivity contribution in [2.75, 3.05) is 12.8 Å². The number of thioether (sulfide) groups is 2. The first-order valence-electron chi connectivity index (χ1n) is 4.24. The van der Waals surface area contributed by atoms with Crippen LogP contribution in [0, 0.1) is 0 Å². The molecule has 1 saturated heterocycles. The van der Waals surface area contributed by atoms with Crippen LogP contribution in [0.25, 0.3) is 0 Å². The molecule has 1 heterocycles. The van der Waals surface area contributed by atoms with E-state index >= 15 is 0 Å². The second-order valence-electron chi connectivity index (χ2n) is 3.06. The Kier molecular flexibility index (Phi) is 4.42. The van der Waals surface area contributed by atoms with Crippen molar-refractivity contribution in [3.8, 4) is 0 Å². The highest BCUT2D eigenvalue weighted by atomic mass is 32.2. The monoisotopic (exact) mass is 265 g/mol. The minimum absolute atomic E-state index is 0.138. The van der Waals surface area contributed by atoms with Gasteiger partial charge in [-0.15, -0.1) is 0 Å². The average molecular weight is 265 g/mol. The highest BCUT2D eigenvalue weighted by Crippen LogP contribution is 2.33. The summed E-state index contributed by atoms with van der Waals surface area (Å²) in [4.78, 5) is 23.5. The van der Waals surface area contributed by atoms with Crippen molar-refractivity contribution >= 4 is 51.9 Å². The molecule has 0 unspecified atom stereocenters. The van der Waals surface area contributed by atoms with Crippen molar-refractivity contribution in [1.82, 2.24) is 4.90 Å². The zero-order chi connectivity index (χ0) is 11.6. The molecule has 4 nitrogen and oxygen atoms in total. The molecule has 0 radical (unpaired) electrons. The summed E-state index contributed by atoms with van der Waals surface area (Å²) in [5, 5.41) is 8.52. The van der Waals surface area contributed by atoms with Crippen molar-refractivity contribution in [1.29, 1.82) is 0 Å². The van der Waals surface area contributed by atoms with Crippen LogP contribution in [0.2, 0.25) is 0 Å². The topological polar surface area (TPSA) is 57.6 Å². The number of carbonyl (C=O) groups is 2. The molecular formula is C8H11NO3S3. The molecule has 0 aromatic heterocycles. The Morgan fingerprint density at radius 2 is 2.40 bits per heavy atom. The van der Waals surface area contributed by atoms with Crippen molar-refractivity contribution in [2.45, 2.75) is 17.4 Å². The van der Waals surface area contributed by atoms with Gasteiger partial charge in [0.15, 0.2) is 0 Å². The van der Waals surface area contributed by atoms with E-state index in [9.17, 15) is 9.59 Å². The highest BCUT2D eigenvalue weighted by molar-refractivity contribution is 8.24. The van der Waals surface area contributed by atoms with Crippen molar-refractivity contribution in [3.63, 3.8) is 0 Å². The molecule has 1 amide bonds. The van der Waals surface area contributed by atoms with Gasteiger partial charge in [0, 0.05) is 5.25 Å². The second kappa shape index (κ2) is 5.18. The van der Waals surface area contributed by atoms with Gasteiger partial charge >= 0.3 is 5.97 Å². The van der Waals surface area contributed by atoms with Gasteiger partial charge in [-0.3, -0.25) is 14.5 Å². The predicted octanol–water partition coefficient (Wildman–Crippen LogP) is 1.05. The molecule has 1 fully saturated rings. The number of carboxylic acids is 1. The summed E-state index contributed by atoms with van der Waals surface area (Å²) < 4.78 is 0.369. The molecule has 15 heavy (non-hydrogen) atoms. The van der Waals surface area contributed by atoms with Crippen molar-refractivity contribution < 1.29 is 14.7 Å². The number of carbonyl (C=O) groups excluding carboxylic acids is 1. The molecule has 1 N–H and O–H groups in total. The minimum atomic E-state index is -1.04. The maximum absolute atomic E-state index is 11.8. The number of nitrogens with zero attached hydrogens (tertiary/aromatic N) is 1. The van der Waals surface area contributed by atoms with Crippen LogP contribution in [0.1, 0.15) is 6.92 Å².